The average molecular weight is 370 g/mol. The van der Waals surface area contributed by atoms with Gasteiger partial charge in [-0.05, 0) is 39.3 Å². The number of nitrogens with one attached hydrogen (secondary N) is 1. The van der Waals surface area contributed by atoms with Gasteiger partial charge < -0.3 is 10.1 Å². The zero-order valence-corrected chi connectivity index (χ0v) is 16.8. The van der Waals surface area contributed by atoms with Crippen molar-refractivity contribution in [2.24, 2.45) is 0 Å². The number of carbonyl (C=O) groups is 1. The fraction of sp³-hybridized carbons (Fsp3) is 0.409. The number of hydrogen-bond donors (Lipinski definition) is 1. The van der Waals surface area contributed by atoms with Gasteiger partial charge in [0.2, 0.25) is 5.91 Å². The summed E-state index contributed by atoms with van der Waals surface area (Å²) in [5.74, 6) is 2.27. The Morgan fingerprint density at radius 1 is 1.15 bits per heavy atom. The van der Waals surface area contributed by atoms with Crippen molar-refractivity contribution in [3.63, 3.8) is 0 Å². The van der Waals surface area contributed by atoms with Crippen LogP contribution in [-0.2, 0) is 10.5 Å². The molecule has 0 aliphatic carbocycles. The third-order valence-corrected chi connectivity index (χ3v) is 5.58. The monoisotopic (exact) mass is 369 g/mol. The Kier molecular flexibility index (Phi) is 5.61. The van der Waals surface area contributed by atoms with Crippen LogP contribution in [0.5, 0.6) is 5.75 Å². The second-order valence-corrected chi connectivity index (χ2v) is 8.69. The van der Waals surface area contributed by atoms with Crippen LogP contribution >= 0.6 is 11.8 Å². The number of ether oxygens (including phenoxy) is 1. The smallest absolute Gasteiger partial charge is 0.230 e. The molecule has 1 heterocycles. The summed E-state index contributed by atoms with van der Waals surface area (Å²) in [6.45, 7) is 8.29. The van der Waals surface area contributed by atoms with Crippen LogP contribution in [0.15, 0.2) is 42.5 Å². The van der Waals surface area contributed by atoms with E-state index >= 15 is 0 Å². The van der Waals surface area contributed by atoms with Crippen LogP contribution in [0.25, 0.3) is 0 Å². The van der Waals surface area contributed by atoms with Crippen molar-refractivity contribution in [2.75, 3.05) is 5.75 Å². The number of fused-ring (bicyclic) bond motifs is 1. The van der Waals surface area contributed by atoms with E-state index in [1.54, 1.807) is 11.8 Å². The van der Waals surface area contributed by atoms with Gasteiger partial charge >= 0.3 is 0 Å². The SMILES string of the molecule is Cc1ccc(CSCC(=O)N[C@@H]2CC(C)(C)Oc3ccc(C)cc32)cc1. The molecule has 4 heteroatoms. The Morgan fingerprint density at radius 2 is 1.85 bits per heavy atom. The van der Waals surface area contributed by atoms with Crippen molar-refractivity contribution < 1.29 is 9.53 Å². The maximum absolute atomic E-state index is 12.5. The Bertz CT molecular complexity index is 783. The fourth-order valence-electron chi connectivity index (χ4n) is 3.28. The summed E-state index contributed by atoms with van der Waals surface area (Å²) in [4.78, 5) is 12.5. The lowest BCUT2D eigenvalue weighted by atomic mass is 9.89. The summed E-state index contributed by atoms with van der Waals surface area (Å²) < 4.78 is 6.08. The van der Waals surface area contributed by atoms with E-state index < -0.39 is 0 Å². The largest absolute Gasteiger partial charge is 0.487 e. The van der Waals surface area contributed by atoms with E-state index in [9.17, 15) is 4.79 Å². The van der Waals surface area contributed by atoms with Crippen molar-refractivity contribution >= 4 is 17.7 Å². The number of thioether (sulfide) groups is 1. The molecule has 3 rings (SSSR count). The van der Waals surface area contributed by atoms with E-state index in [-0.39, 0.29) is 17.6 Å². The highest BCUT2D eigenvalue weighted by Crippen LogP contribution is 2.39. The number of benzene rings is 2. The van der Waals surface area contributed by atoms with Crippen LogP contribution in [0.3, 0.4) is 0 Å². The normalized spacial score (nSPS) is 17.9. The molecule has 0 radical (unpaired) electrons. The second kappa shape index (κ2) is 7.75. The van der Waals surface area contributed by atoms with Gasteiger partial charge in [-0.25, -0.2) is 0 Å². The summed E-state index contributed by atoms with van der Waals surface area (Å²) in [5.41, 5.74) is 4.49. The van der Waals surface area contributed by atoms with Gasteiger partial charge in [-0.3, -0.25) is 4.79 Å². The molecule has 0 aromatic heterocycles. The number of rotatable bonds is 5. The van der Waals surface area contributed by atoms with Gasteiger partial charge in [0.05, 0.1) is 11.8 Å². The topological polar surface area (TPSA) is 38.3 Å². The third-order valence-electron chi connectivity index (χ3n) is 4.58. The lowest BCUT2D eigenvalue weighted by molar-refractivity contribution is -0.119. The first-order chi connectivity index (χ1) is 12.3. The van der Waals surface area contributed by atoms with Crippen LogP contribution < -0.4 is 10.1 Å². The van der Waals surface area contributed by atoms with Crippen molar-refractivity contribution in [3.05, 3.63) is 64.7 Å². The Hall–Kier alpha value is -1.94. The van der Waals surface area contributed by atoms with Gasteiger partial charge in [0, 0.05) is 17.7 Å². The average Bonchev–Trinajstić information content (AvgIpc) is 2.57. The van der Waals surface area contributed by atoms with Crippen molar-refractivity contribution in [3.8, 4) is 5.75 Å². The van der Waals surface area contributed by atoms with Crippen LogP contribution in [0.4, 0.5) is 0 Å². The van der Waals surface area contributed by atoms with E-state index in [0.717, 1.165) is 23.5 Å². The molecule has 138 valence electrons. The van der Waals surface area contributed by atoms with Gasteiger partial charge in [0.25, 0.3) is 0 Å². The summed E-state index contributed by atoms with van der Waals surface area (Å²) in [6.07, 6.45) is 0.776. The lowest BCUT2D eigenvalue weighted by Crippen LogP contribution is -2.41. The maximum Gasteiger partial charge on any atom is 0.230 e. The molecular formula is C22H27NO2S. The molecule has 1 N–H and O–H groups in total. The molecule has 0 saturated heterocycles. The number of hydrogen-bond acceptors (Lipinski definition) is 3. The molecule has 0 saturated carbocycles. The fourth-order valence-corrected chi connectivity index (χ4v) is 4.08. The van der Waals surface area contributed by atoms with Crippen LogP contribution in [0, 0.1) is 13.8 Å². The summed E-state index contributed by atoms with van der Waals surface area (Å²) in [5, 5.41) is 3.21. The Morgan fingerprint density at radius 3 is 2.58 bits per heavy atom. The summed E-state index contributed by atoms with van der Waals surface area (Å²) >= 11 is 1.65. The van der Waals surface area contributed by atoms with Crippen LogP contribution in [0.2, 0.25) is 0 Å². The zero-order valence-electron chi connectivity index (χ0n) is 16.0. The Balaban J connectivity index is 1.60. The molecule has 0 unspecified atom stereocenters. The predicted octanol–water partition coefficient (Wildman–Crippen LogP) is 4.96. The molecule has 1 aliphatic rings. The molecule has 1 amide bonds. The molecule has 2 aromatic rings. The number of amides is 1. The second-order valence-electron chi connectivity index (χ2n) is 7.71. The molecular weight excluding hydrogens is 342 g/mol. The first-order valence-electron chi connectivity index (χ1n) is 9.05. The molecule has 0 bridgehead atoms. The predicted molar refractivity (Wildman–Crippen MR) is 109 cm³/mol. The van der Waals surface area contributed by atoms with Gasteiger partial charge in [0.15, 0.2) is 0 Å². The molecule has 3 nitrogen and oxygen atoms in total. The van der Waals surface area contributed by atoms with Gasteiger partial charge in [-0.1, -0.05) is 47.5 Å². The minimum absolute atomic E-state index is 0.00104. The molecule has 0 spiro atoms. The van der Waals surface area contributed by atoms with Gasteiger partial charge in [-0.2, -0.15) is 0 Å². The van der Waals surface area contributed by atoms with E-state index in [2.05, 4.69) is 69.4 Å². The minimum Gasteiger partial charge on any atom is -0.487 e. The number of carbonyl (C=O) groups excluding carboxylic acids is 1. The number of aryl methyl sites for hydroxylation is 2. The van der Waals surface area contributed by atoms with E-state index in [1.807, 2.05) is 6.07 Å². The highest BCUT2D eigenvalue weighted by molar-refractivity contribution is 7.99. The van der Waals surface area contributed by atoms with Gasteiger partial charge in [0.1, 0.15) is 11.4 Å². The zero-order chi connectivity index (χ0) is 18.7. The quantitative estimate of drug-likeness (QED) is 0.810. The first kappa shape index (κ1) is 18.8. The van der Waals surface area contributed by atoms with E-state index in [1.165, 1.54) is 16.7 Å². The van der Waals surface area contributed by atoms with Crippen LogP contribution in [0.1, 0.15) is 48.6 Å². The van der Waals surface area contributed by atoms with Crippen molar-refractivity contribution in [1.82, 2.24) is 5.32 Å². The standard InChI is InChI=1S/C22H27NO2S/c1-15-5-8-17(9-6-15)13-26-14-21(24)23-19-12-22(3,4)25-20-10-7-16(2)11-18(19)20/h5-11,19H,12-14H2,1-4H3,(H,23,24)/t19-/m1/s1. The molecule has 0 fully saturated rings. The molecule has 2 aromatic carbocycles. The third kappa shape index (κ3) is 4.82. The lowest BCUT2D eigenvalue weighted by Gasteiger charge is -2.38. The van der Waals surface area contributed by atoms with E-state index in [4.69, 9.17) is 4.74 Å². The summed E-state index contributed by atoms with van der Waals surface area (Å²) in [7, 11) is 0. The maximum atomic E-state index is 12.5. The first-order valence-corrected chi connectivity index (χ1v) is 10.2. The van der Waals surface area contributed by atoms with E-state index in [0.29, 0.717) is 5.75 Å². The Labute approximate surface area is 160 Å². The molecule has 1 atom stereocenters. The minimum atomic E-state index is -0.282. The van der Waals surface area contributed by atoms with Gasteiger partial charge in [-0.15, -0.1) is 11.8 Å². The van der Waals surface area contributed by atoms with Crippen LogP contribution in [-0.4, -0.2) is 17.3 Å². The molecule has 1 aliphatic heterocycles. The van der Waals surface area contributed by atoms with Crippen molar-refractivity contribution in [1.29, 1.82) is 0 Å². The highest BCUT2D eigenvalue weighted by atomic mass is 32.2. The van der Waals surface area contributed by atoms with Crippen molar-refractivity contribution in [2.45, 2.75) is 51.5 Å². The highest BCUT2D eigenvalue weighted by Gasteiger charge is 2.34. The summed E-state index contributed by atoms with van der Waals surface area (Å²) in [6, 6.07) is 14.7. The molecule has 26 heavy (non-hydrogen) atoms.